The van der Waals surface area contributed by atoms with E-state index in [0.717, 1.165) is 6.42 Å². The Labute approximate surface area is 66.7 Å². The lowest BCUT2D eigenvalue weighted by molar-refractivity contribution is 0.611. The summed E-state index contributed by atoms with van der Waals surface area (Å²) >= 11 is 0. The Balaban J connectivity index is 2.74. The molecule has 0 radical (unpaired) electrons. The molecule has 0 bridgehead atoms. The van der Waals surface area contributed by atoms with Gasteiger partial charge in [-0.2, -0.15) is 0 Å². The van der Waals surface area contributed by atoms with Crippen LogP contribution in [0.25, 0.3) is 0 Å². The van der Waals surface area contributed by atoms with Crippen LogP contribution in [0.4, 0.5) is 0 Å². The van der Waals surface area contributed by atoms with Crippen LogP contribution in [0.3, 0.4) is 0 Å². The lowest BCUT2D eigenvalue weighted by Crippen LogP contribution is -1.76. The van der Waals surface area contributed by atoms with Crippen molar-refractivity contribution < 1.29 is 1.37 Å². The molecule has 0 unspecified atom stereocenters. The fourth-order valence-corrected chi connectivity index (χ4v) is 0.996. The van der Waals surface area contributed by atoms with Crippen LogP contribution in [-0.4, -0.2) is 0 Å². The lowest BCUT2D eigenvalue weighted by atomic mass is 10.1. The zero-order chi connectivity index (χ0) is 8.36. The van der Waals surface area contributed by atoms with Crippen LogP contribution in [0.2, 0.25) is 0 Å². The SMILES string of the molecule is [2H]CCCCCCCCC=C. The van der Waals surface area contributed by atoms with Crippen LogP contribution in [0.15, 0.2) is 12.7 Å². The molecule has 0 amide bonds. The first kappa shape index (κ1) is 7.84. The second-order valence-electron chi connectivity index (χ2n) is 2.70. The summed E-state index contributed by atoms with van der Waals surface area (Å²) in [4.78, 5) is 0. The molecule has 10 heavy (non-hydrogen) atoms. The third-order valence-corrected chi connectivity index (χ3v) is 1.66. The number of allylic oxidation sites excluding steroid dienone is 1. The molecule has 0 aliphatic carbocycles. The second-order valence-corrected chi connectivity index (χ2v) is 2.70. The molecule has 0 aromatic rings. The molecule has 0 saturated heterocycles. The van der Waals surface area contributed by atoms with Gasteiger partial charge in [0.1, 0.15) is 0 Å². The van der Waals surface area contributed by atoms with Crippen molar-refractivity contribution in [3.8, 4) is 0 Å². The number of rotatable bonds is 7. The Hall–Kier alpha value is -0.260. The van der Waals surface area contributed by atoms with Gasteiger partial charge in [-0.05, 0) is 12.8 Å². The minimum Gasteiger partial charge on any atom is -0.103 e. The van der Waals surface area contributed by atoms with Gasteiger partial charge in [0.05, 0.1) is 0 Å². The van der Waals surface area contributed by atoms with Gasteiger partial charge < -0.3 is 0 Å². The first-order valence-corrected chi connectivity index (χ1v) is 4.32. The number of hydrogen-bond acceptors (Lipinski definition) is 0. The second kappa shape index (κ2) is 8.74. The third-order valence-electron chi connectivity index (χ3n) is 1.66. The van der Waals surface area contributed by atoms with Crippen molar-refractivity contribution >= 4 is 0 Å². The molecule has 0 aliphatic heterocycles. The van der Waals surface area contributed by atoms with Crippen molar-refractivity contribution in [3.63, 3.8) is 0 Å². The van der Waals surface area contributed by atoms with E-state index in [1.54, 1.807) is 0 Å². The highest BCUT2D eigenvalue weighted by molar-refractivity contribution is 4.65. The van der Waals surface area contributed by atoms with Gasteiger partial charge in [0.25, 0.3) is 0 Å². The van der Waals surface area contributed by atoms with Gasteiger partial charge in [-0.25, -0.2) is 0 Å². The van der Waals surface area contributed by atoms with Crippen LogP contribution in [0, 0.1) is 0 Å². The van der Waals surface area contributed by atoms with E-state index in [1.807, 2.05) is 6.08 Å². The van der Waals surface area contributed by atoms with E-state index in [-0.39, 0.29) is 0 Å². The Morgan fingerprint density at radius 3 is 2.60 bits per heavy atom. The van der Waals surface area contributed by atoms with Gasteiger partial charge in [0, 0.05) is 1.37 Å². The molecule has 0 aliphatic rings. The molecule has 0 rings (SSSR count). The van der Waals surface area contributed by atoms with Gasteiger partial charge >= 0.3 is 0 Å². The predicted molar refractivity (Wildman–Crippen MR) is 48.2 cm³/mol. The van der Waals surface area contributed by atoms with Gasteiger partial charge in [-0.1, -0.05) is 45.1 Å². The zero-order valence-electron chi connectivity index (χ0n) is 7.94. The Bertz CT molecular complexity index is 78.9. The molecule has 0 aromatic carbocycles. The van der Waals surface area contributed by atoms with E-state index in [9.17, 15) is 0 Å². The van der Waals surface area contributed by atoms with Crippen LogP contribution in [0.1, 0.15) is 53.2 Å². The summed E-state index contributed by atoms with van der Waals surface area (Å²) in [7, 11) is 0. The molecule has 0 atom stereocenters. The van der Waals surface area contributed by atoms with Crippen molar-refractivity contribution in [2.45, 2.75) is 51.8 Å². The largest absolute Gasteiger partial charge is 0.103 e. The molecule has 0 fully saturated rings. The van der Waals surface area contributed by atoms with Gasteiger partial charge in [-0.3, -0.25) is 0 Å². The normalized spacial score (nSPS) is 11.0. The Morgan fingerprint density at radius 2 is 1.90 bits per heavy atom. The van der Waals surface area contributed by atoms with Crippen molar-refractivity contribution in [2.24, 2.45) is 0 Å². The summed E-state index contributed by atoms with van der Waals surface area (Å²) in [5.74, 6) is 0. The summed E-state index contributed by atoms with van der Waals surface area (Å²) in [6.45, 7) is 4.29. The maximum atomic E-state index is 6.94. The molecule has 0 heterocycles. The lowest BCUT2D eigenvalue weighted by Gasteiger charge is -1.96. The van der Waals surface area contributed by atoms with E-state index in [4.69, 9.17) is 1.37 Å². The highest BCUT2D eigenvalue weighted by Gasteiger charge is 1.86. The summed E-state index contributed by atoms with van der Waals surface area (Å²) < 4.78 is 6.94. The first-order valence-electron chi connectivity index (χ1n) is 5.02. The highest BCUT2D eigenvalue weighted by atomic mass is 13.9. The molecular weight excluding hydrogens is 120 g/mol. The summed E-state index contributed by atoms with van der Waals surface area (Å²) in [6, 6.07) is 0. The quantitative estimate of drug-likeness (QED) is 0.372. The van der Waals surface area contributed by atoms with E-state index in [2.05, 4.69) is 6.58 Å². The van der Waals surface area contributed by atoms with E-state index >= 15 is 0 Å². The average molecular weight is 141 g/mol. The molecule has 0 heteroatoms. The van der Waals surface area contributed by atoms with Gasteiger partial charge in [0.15, 0.2) is 0 Å². The summed E-state index contributed by atoms with van der Waals surface area (Å²) in [6.07, 6.45) is 10.8. The maximum Gasteiger partial charge on any atom is 0.0230 e. The highest BCUT2D eigenvalue weighted by Crippen LogP contribution is 2.06. The van der Waals surface area contributed by atoms with Crippen molar-refractivity contribution in [3.05, 3.63) is 12.7 Å². The summed E-state index contributed by atoms with van der Waals surface area (Å²) in [5, 5.41) is 0. The molecule has 0 aromatic heterocycles. The van der Waals surface area contributed by atoms with E-state index in [0.29, 0.717) is 6.90 Å². The van der Waals surface area contributed by atoms with Crippen molar-refractivity contribution in [1.29, 1.82) is 0 Å². The molecule has 0 spiro atoms. The minimum atomic E-state index is 0.604. The average Bonchev–Trinajstić information content (AvgIpc) is 2.03. The fraction of sp³-hybridized carbons (Fsp3) is 0.800. The van der Waals surface area contributed by atoms with Gasteiger partial charge in [-0.15, -0.1) is 6.58 Å². The third kappa shape index (κ3) is 7.74. The van der Waals surface area contributed by atoms with Crippen LogP contribution in [-0.2, 0) is 0 Å². The first-order chi connectivity index (χ1) is 5.41. The Kier molecular flexibility index (Phi) is 6.85. The van der Waals surface area contributed by atoms with Crippen LogP contribution < -0.4 is 0 Å². The van der Waals surface area contributed by atoms with Gasteiger partial charge in [0.2, 0.25) is 0 Å². The molecule has 60 valence electrons. The number of unbranched alkanes of at least 4 members (excludes halogenated alkanes) is 6. The number of hydrogen-bond donors (Lipinski definition) is 0. The smallest absolute Gasteiger partial charge is 0.0230 e. The van der Waals surface area contributed by atoms with Crippen LogP contribution >= 0.6 is 0 Å². The molecule has 0 N–H and O–H groups in total. The fourth-order valence-electron chi connectivity index (χ4n) is 0.996. The van der Waals surface area contributed by atoms with Crippen LogP contribution in [0.5, 0.6) is 0 Å². The monoisotopic (exact) mass is 141 g/mol. The topological polar surface area (TPSA) is 0 Å². The van der Waals surface area contributed by atoms with E-state index in [1.165, 1.54) is 38.5 Å². The van der Waals surface area contributed by atoms with Crippen molar-refractivity contribution in [1.82, 2.24) is 0 Å². The Morgan fingerprint density at radius 1 is 1.20 bits per heavy atom. The zero-order valence-corrected chi connectivity index (χ0v) is 6.94. The minimum absolute atomic E-state index is 0.604. The molecule has 0 nitrogen and oxygen atoms in total. The predicted octanol–water partition coefficient (Wildman–Crippen LogP) is 3.92. The summed E-state index contributed by atoms with van der Waals surface area (Å²) in [5.41, 5.74) is 0. The maximum absolute atomic E-state index is 6.94. The van der Waals surface area contributed by atoms with Crippen molar-refractivity contribution in [2.75, 3.05) is 0 Å². The standard InChI is InChI=1S/C10H20/c1-3-5-7-9-10-8-6-4-2/h3H,1,4-10H2,2H3/i2D. The molecular formula is C10H20. The van der Waals surface area contributed by atoms with E-state index < -0.39 is 0 Å². The molecule has 0 saturated carbocycles.